The van der Waals surface area contributed by atoms with Gasteiger partial charge >= 0.3 is 0 Å². The van der Waals surface area contributed by atoms with Gasteiger partial charge in [0.15, 0.2) is 0 Å². The Bertz CT molecular complexity index is 180. The normalized spacial score (nSPS) is 7.85. The largest absolute Gasteiger partial charge is 0.338 e. The van der Waals surface area contributed by atoms with Gasteiger partial charge in [-0.05, 0) is 6.42 Å². The second kappa shape index (κ2) is 11.2. The predicted molar refractivity (Wildman–Crippen MR) is 59.9 cm³/mol. The summed E-state index contributed by atoms with van der Waals surface area (Å²) >= 11 is 0. The average Bonchev–Trinajstić information content (AvgIpc) is 2.60. The van der Waals surface area contributed by atoms with E-state index in [1.807, 2.05) is 47.3 Å². The van der Waals surface area contributed by atoms with Crippen molar-refractivity contribution < 1.29 is 0 Å². The first-order chi connectivity index (χ1) is 6.34. The lowest BCUT2D eigenvalue weighted by Gasteiger charge is -1.96. The van der Waals surface area contributed by atoms with E-state index in [0.29, 0.717) is 0 Å². The molecule has 1 aromatic rings. The first-order valence-electron chi connectivity index (χ1n) is 5.29. The summed E-state index contributed by atoms with van der Waals surface area (Å²) in [6.45, 7) is 10.2. The van der Waals surface area contributed by atoms with Crippen molar-refractivity contribution in [1.29, 1.82) is 0 Å². The van der Waals surface area contributed by atoms with Gasteiger partial charge in [0.2, 0.25) is 0 Å². The van der Waals surface area contributed by atoms with Crippen molar-refractivity contribution in [3.05, 3.63) is 18.2 Å². The molecule has 0 aromatic carbocycles. The topological polar surface area (TPSA) is 17.8 Å². The van der Waals surface area contributed by atoms with Crippen LogP contribution in [0.25, 0.3) is 0 Å². The zero-order valence-electron chi connectivity index (χ0n) is 9.96. The lowest BCUT2D eigenvalue weighted by molar-refractivity contribution is 0.786. The van der Waals surface area contributed by atoms with E-state index < -0.39 is 0 Å². The zero-order valence-corrected chi connectivity index (χ0v) is 9.96. The minimum atomic E-state index is 1.14. The molecule has 13 heavy (non-hydrogen) atoms. The SMILES string of the molecule is CC.CC.CCCc1cncn1C. The van der Waals surface area contributed by atoms with E-state index in [4.69, 9.17) is 0 Å². The van der Waals surface area contributed by atoms with E-state index in [1.165, 1.54) is 12.1 Å². The van der Waals surface area contributed by atoms with Crippen LogP contribution >= 0.6 is 0 Å². The van der Waals surface area contributed by atoms with Gasteiger partial charge in [0.25, 0.3) is 0 Å². The first kappa shape index (κ1) is 14.7. The second-order valence-corrected chi connectivity index (χ2v) is 2.25. The molecule has 0 fully saturated rings. The Kier molecular flexibility index (Phi) is 12.7. The summed E-state index contributed by atoms with van der Waals surface area (Å²) in [6.07, 6.45) is 6.09. The Morgan fingerprint density at radius 2 is 1.77 bits per heavy atom. The van der Waals surface area contributed by atoms with Crippen molar-refractivity contribution in [2.75, 3.05) is 0 Å². The Labute approximate surface area is 83.0 Å². The molecule has 0 amide bonds. The Hall–Kier alpha value is -0.790. The van der Waals surface area contributed by atoms with E-state index in [9.17, 15) is 0 Å². The van der Waals surface area contributed by atoms with Gasteiger partial charge in [0.1, 0.15) is 0 Å². The third kappa shape index (κ3) is 6.38. The maximum atomic E-state index is 4.00. The molecule has 0 unspecified atom stereocenters. The molecule has 2 nitrogen and oxygen atoms in total. The molecule has 2 heteroatoms. The van der Waals surface area contributed by atoms with Crippen LogP contribution in [0.4, 0.5) is 0 Å². The Morgan fingerprint density at radius 1 is 1.23 bits per heavy atom. The smallest absolute Gasteiger partial charge is 0.0945 e. The summed E-state index contributed by atoms with van der Waals surface area (Å²) < 4.78 is 2.06. The van der Waals surface area contributed by atoms with Crippen molar-refractivity contribution in [3.63, 3.8) is 0 Å². The fourth-order valence-electron chi connectivity index (χ4n) is 0.882. The number of hydrogen-bond donors (Lipinski definition) is 0. The van der Waals surface area contributed by atoms with E-state index in [0.717, 1.165) is 6.42 Å². The van der Waals surface area contributed by atoms with Crippen molar-refractivity contribution >= 4 is 0 Å². The van der Waals surface area contributed by atoms with Crippen molar-refractivity contribution in [3.8, 4) is 0 Å². The fourth-order valence-corrected chi connectivity index (χ4v) is 0.882. The van der Waals surface area contributed by atoms with Gasteiger partial charge in [-0.15, -0.1) is 0 Å². The molecule has 0 aliphatic rings. The minimum absolute atomic E-state index is 1.14. The summed E-state index contributed by atoms with van der Waals surface area (Å²) in [4.78, 5) is 4.00. The molecule has 0 N–H and O–H groups in total. The van der Waals surface area contributed by atoms with Crippen LogP contribution in [0.5, 0.6) is 0 Å². The summed E-state index contributed by atoms with van der Waals surface area (Å²) in [5.41, 5.74) is 1.32. The van der Waals surface area contributed by atoms with Gasteiger partial charge < -0.3 is 4.57 Å². The Morgan fingerprint density at radius 3 is 2.08 bits per heavy atom. The quantitative estimate of drug-likeness (QED) is 0.688. The highest BCUT2D eigenvalue weighted by Gasteiger charge is 1.93. The summed E-state index contributed by atoms with van der Waals surface area (Å²) in [6, 6.07) is 0. The van der Waals surface area contributed by atoms with Crippen molar-refractivity contribution in [2.24, 2.45) is 7.05 Å². The highest BCUT2D eigenvalue weighted by Crippen LogP contribution is 1.98. The molecule has 0 radical (unpaired) electrons. The van der Waals surface area contributed by atoms with Gasteiger partial charge in [0, 0.05) is 18.9 Å². The van der Waals surface area contributed by atoms with Gasteiger partial charge in [-0.1, -0.05) is 41.0 Å². The number of nitrogens with zero attached hydrogens (tertiary/aromatic N) is 2. The van der Waals surface area contributed by atoms with E-state index >= 15 is 0 Å². The molecule has 0 aliphatic carbocycles. The standard InChI is InChI=1S/C7H12N2.2C2H6/c1-3-4-7-5-8-6-9(7)2;2*1-2/h5-6H,3-4H2,1-2H3;2*1-2H3. The third-order valence-corrected chi connectivity index (χ3v) is 1.42. The van der Waals surface area contributed by atoms with Gasteiger partial charge in [-0.3, -0.25) is 0 Å². The van der Waals surface area contributed by atoms with Gasteiger partial charge in [0.05, 0.1) is 6.33 Å². The van der Waals surface area contributed by atoms with Crippen LogP contribution in [0.15, 0.2) is 12.5 Å². The molecule has 0 saturated carbocycles. The molecular weight excluding hydrogens is 160 g/mol. The highest BCUT2D eigenvalue weighted by atomic mass is 15.0. The van der Waals surface area contributed by atoms with Crippen molar-refractivity contribution in [2.45, 2.75) is 47.5 Å². The molecule has 0 bridgehead atoms. The predicted octanol–water partition coefficient (Wildman–Crippen LogP) is 3.43. The van der Waals surface area contributed by atoms with Crippen LogP contribution in [0.1, 0.15) is 46.7 Å². The minimum Gasteiger partial charge on any atom is -0.338 e. The lowest BCUT2D eigenvalue weighted by atomic mass is 10.3. The molecule has 0 saturated heterocycles. The number of rotatable bonds is 2. The van der Waals surface area contributed by atoms with Gasteiger partial charge in [-0.2, -0.15) is 0 Å². The molecule has 1 aromatic heterocycles. The summed E-state index contributed by atoms with van der Waals surface area (Å²) in [5, 5.41) is 0. The number of hydrogen-bond acceptors (Lipinski definition) is 1. The van der Waals surface area contributed by atoms with Crippen LogP contribution < -0.4 is 0 Å². The third-order valence-electron chi connectivity index (χ3n) is 1.42. The second-order valence-electron chi connectivity index (χ2n) is 2.25. The molecule has 78 valence electrons. The van der Waals surface area contributed by atoms with E-state index in [-0.39, 0.29) is 0 Å². The van der Waals surface area contributed by atoms with Crippen LogP contribution in [0.2, 0.25) is 0 Å². The van der Waals surface area contributed by atoms with Crippen molar-refractivity contribution in [1.82, 2.24) is 9.55 Å². The number of aromatic nitrogens is 2. The van der Waals surface area contributed by atoms with Crippen LogP contribution in [0.3, 0.4) is 0 Å². The van der Waals surface area contributed by atoms with Crippen LogP contribution in [-0.2, 0) is 13.5 Å². The maximum absolute atomic E-state index is 4.00. The summed E-state index contributed by atoms with van der Waals surface area (Å²) in [5.74, 6) is 0. The molecule has 1 rings (SSSR count). The molecular formula is C11H24N2. The number of imidazole rings is 1. The van der Waals surface area contributed by atoms with Crippen LogP contribution in [-0.4, -0.2) is 9.55 Å². The summed E-state index contributed by atoms with van der Waals surface area (Å²) in [7, 11) is 2.03. The lowest BCUT2D eigenvalue weighted by Crippen LogP contribution is -1.92. The Balaban J connectivity index is 0. The molecule has 0 atom stereocenters. The number of aryl methyl sites for hydroxylation is 2. The molecule has 0 spiro atoms. The monoisotopic (exact) mass is 184 g/mol. The van der Waals surface area contributed by atoms with E-state index in [1.54, 1.807) is 0 Å². The van der Waals surface area contributed by atoms with E-state index in [2.05, 4.69) is 16.5 Å². The zero-order chi connectivity index (χ0) is 10.7. The highest BCUT2D eigenvalue weighted by molar-refractivity contribution is 4.96. The van der Waals surface area contributed by atoms with Gasteiger partial charge in [-0.25, -0.2) is 4.98 Å². The average molecular weight is 184 g/mol. The molecule has 0 aliphatic heterocycles. The molecule has 1 heterocycles. The maximum Gasteiger partial charge on any atom is 0.0945 e. The fraction of sp³-hybridized carbons (Fsp3) is 0.727. The first-order valence-corrected chi connectivity index (χ1v) is 5.29. The van der Waals surface area contributed by atoms with Crippen LogP contribution in [0, 0.1) is 0 Å².